The lowest BCUT2D eigenvalue weighted by Gasteiger charge is -2.20. The van der Waals surface area contributed by atoms with Gasteiger partial charge in [-0.05, 0) is 23.6 Å². The van der Waals surface area contributed by atoms with Crippen molar-refractivity contribution in [3.63, 3.8) is 0 Å². The van der Waals surface area contributed by atoms with Crippen LogP contribution in [-0.4, -0.2) is 32.9 Å². The van der Waals surface area contributed by atoms with Crippen LogP contribution in [0.2, 0.25) is 0 Å². The van der Waals surface area contributed by atoms with Crippen LogP contribution in [0.3, 0.4) is 0 Å². The highest BCUT2D eigenvalue weighted by molar-refractivity contribution is 5.54. The van der Waals surface area contributed by atoms with Crippen molar-refractivity contribution in [3.8, 4) is 11.5 Å². The number of nitrogens with zero attached hydrogens (tertiary/aromatic N) is 3. The second-order valence-corrected chi connectivity index (χ2v) is 6.29. The quantitative estimate of drug-likeness (QED) is 0.688. The fraction of sp³-hybridized carbons (Fsp3) is 0.316. The third-order valence-corrected chi connectivity index (χ3v) is 4.02. The summed E-state index contributed by atoms with van der Waals surface area (Å²) in [7, 11) is 0. The smallest absolute Gasteiger partial charge is 0.259 e. The minimum atomic E-state index is -0.0285. The van der Waals surface area contributed by atoms with Gasteiger partial charge in [0.2, 0.25) is 0 Å². The van der Waals surface area contributed by atoms with Crippen LogP contribution in [0.1, 0.15) is 25.2 Å². The van der Waals surface area contributed by atoms with E-state index in [-0.39, 0.29) is 12.6 Å². The van der Waals surface area contributed by atoms with Crippen molar-refractivity contribution in [2.24, 2.45) is 5.92 Å². The zero-order valence-electron chi connectivity index (χ0n) is 14.4. The lowest BCUT2D eigenvalue weighted by Crippen LogP contribution is -2.29. The van der Waals surface area contributed by atoms with Gasteiger partial charge >= 0.3 is 0 Å². The molecule has 6 nitrogen and oxygen atoms in total. The van der Waals surface area contributed by atoms with Gasteiger partial charge in [-0.2, -0.15) is 4.98 Å². The van der Waals surface area contributed by atoms with Crippen LogP contribution in [-0.2, 0) is 6.42 Å². The molecular formula is C19H22N4O2. The summed E-state index contributed by atoms with van der Waals surface area (Å²) in [5.41, 5.74) is 1.90. The van der Waals surface area contributed by atoms with Gasteiger partial charge in [-0.25, -0.2) is 4.98 Å². The third kappa shape index (κ3) is 4.42. The fourth-order valence-corrected chi connectivity index (χ4v) is 2.44. The van der Waals surface area contributed by atoms with Crippen molar-refractivity contribution in [2.45, 2.75) is 26.3 Å². The van der Waals surface area contributed by atoms with Crippen LogP contribution < -0.4 is 5.32 Å². The van der Waals surface area contributed by atoms with Gasteiger partial charge in [0.05, 0.1) is 18.2 Å². The van der Waals surface area contributed by atoms with E-state index < -0.39 is 0 Å². The summed E-state index contributed by atoms with van der Waals surface area (Å²) in [6.45, 7) is 4.16. The highest BCUT2D eigenvalue weighted by atomic mass is 16.5. The summed E-state index contributed by atoms with van der Waals surface area (Å²) in [6, 6.07) is 13.7. The predicted octanol–water partition coefficient (Wildman–Crippen LogP) is 3.15. The molecule has 0 saturated carbocycles. The van der Waals surface area contributed by atoms with E-state index in [9.17, 15) is 5.11 Å². The number of hydrogen-bond donors (Lipinski definition) is 2. The van der Waals surface area contributed by atoms with E-state index in [1.165, 1.54) is 0 Å². The Morgan fingerprint density at radius 1 is 1.12 bits per heavy atom. The van der Waals surface area contributed by atoms with E-state index in [2.05, 4.69) is 34.3 Å². The average Bonchev–Trinajstić information content (AvgIpc) is 3.09. The predicted molar refractivity (Wildman–Crippen MR) is 96.1 cm³/mol. The van der Waals surface area contributed by atoms with Crippen LogP contribution in [0.4, 0.5) is 5.82 Å². The fourth-order valence-electron chi connectivity index (χ4n) is 2.44. The van der Waals surface area contributed by atoms with E-state index in [0.717, 1.165) is 11.1 Å². The molecule has 2 N–H and O–H groups in total. The van der Waals surface area contributed by atoms with Crippen molar-refractivity contribution in [3.05, 3.63) is 60.0 Å². The number of anilines is 1. The Labute approximate surface area is 146 Å². The Morgan fingerprint density at radius 2 is 1.92 bits per heavy atom. The molecule has 0 bridgehead atoms. The molecule has 130 valence electrons. The molecule has 0 aliphatic rings. The first kappa shape index (κ1) is 17.1. The first-order valence-electron chi connectivity index (χ1n) is 8.36. The number of rotatable bonds is 7. The molecule has 3 rings (SSSR count). The van der Waals surface area contributed by atoms with Crippen LogP contribution in [0, 0.1) is 5.92 Å². The molecule has 1 atom stereocenters. The molecule has 0 aliphatic carbocycles. The van der Waals surface area contributed by atoms with Gasteiger partial charge in [-0.15, -0.1) is 0 Å². The Hall–Kier alpha value is -2.73. The van der Waals surface area contributed by atoms with Gasteiger partial charge in [-0.3, -0.25) is 0 Å². The maximum atomic E-state index is 9.39. The number of aliphatic hydroxyl groups excluding tert-OH is 1. The second kappa shape index (κ2) is 7.90. The van der Waals surface area contributed by atoms with E-state index >= 15 is 0 Å². The number of aromatic nitrogens is 3. The summed E-state index contributed by atoms with van der Waals surface area (Å²) in [4.78, 5) is 8.80. The number of nitrogens with one attached hydrogen (secondary N) is 1. The lowest BCUT2D eigenvalue weighted by molar-refractivity contribution is 0.249. The molecule has 0 saturated heterocycles. The van der Waals surface area contributed by atoms with Gasteiger partial charge in [-0.1, -0.05) is 49.3 Å². The molecule has 2 heterocycles. The molecular weight excluding hydrogens is 316 g/mol. The first-order valence-corrected chi connectivity index (χ1v) is 8.36. The molecule has 0 aliphatic heterocycles. The average molecular weight is 338 g/mol. The van der Waals surface area contributed by atoms with E-state index in [0.29, 0.717) is 29.9 Å². The zero-order chi connectivity index (χ0) is 17.6. The molecule has 25 heavy (non-hydrogen) atoms. The summed E-state index contributed by atoms with van der Waals surface area (Å²) in [5.74, 6) is 2.11. The Balaban J connectivity index is 1.68. The standard InChI is InChI=1S/C19H22N4O2/c1-13(2)16(12-24)21-17-9-8-15(11-20-17)19-22-18(23-25-19)10-14-6-4-3-5-7-14/h3-9,11,13,16,24H,10,12H2,1-2H3,(H,20,21)/t16-/m1/s1. The topological polar surface area (TPSA) is 84.1 Å². The van der Waals surface area contributed by atoms with Crippen LogP contribution in [0.5, 0.6) is 0 Å². The molecule has 0 radical (unpaired) electrons. The number of pyridine rings is 1. The second-order valence-electron chi connectivity index (χ2n) is 6.29. The molecule has 3 aromatic rings. The normalized spacial score (nSPS) is 12.3. The summed E-state index contributed by atoms with van der Waals surface area (Å²) >= 11 is 0. The minimum Gasteiger partial charge on any atom is -0.394 e. The van der Waals surface area contributed by atoms with Crippen molar-refractivity contribution in [2.75, 3.05) is 11.9 Å². The maximum absolute atomic E-state index is 9.39. The van der Waals surface area contributed by atoms with E-state index in [1.807, 2.05) is 42.5 Å². The Bertz CT molecular complexity index is 785. The van der Waals surface area contributed by atoms with E-state index in [4.69, 9.17) is 4.52 Å². The summed E-state index contributed by atoms with van der Waals surface area (Å²) in [5, 5.41) is 16.6. The van der Waals surface area contributed by atoms with Crippen molar-refractivity contribution in [1.29, 1.82) is 0 Å². The lowest BCUT2D eigenvalue weighted by atomic mass is 10.1. The molecule has 0 spiro atoms. The highest BCUT2D eigenvalue weighted by Gasteiger charge is 2.13. The van der Waals surface area contributed by atoms with Crippen molar-refractivity contribution < 1.29 is 9.63 Å². The zero-order valence-corrected chi connectivity index (χ0v) is 14.4. The summed E-state index contributed by atoms with van der Waals surface area (Å²) in [6.07, 6.45) is 2.32. The van der Waals surface area contributed by atoms with Gasteiger partial charge in [0, 0.05) is 12.6 Å². The van der Waals surface area contributed by atoms with Crippen molar-refractivity contribution >= 4 is 5.82 Å². The molecule has 2 aromatic heterocycles. The van der Waals surface area contributed by atoms with E-state index in [1.54, 1.807) is 6.20 Å². The largest absolute Gasteiger partial charge is 0.394 e. The number of hydrogen-bond acceptors (Lipinski definition) is 6. The van der Waals surface area contributed by atoms with Gasteiger partial charge in [0.15, 0.2) is 5.82 Å². The summed E-state index contributed by atoms with van der Waals surface area (Å²) < 4.78 is 5.34. The number of benzene rings is 1. The maximum Gasteiger partial charge on any atom is 0.259 e. The third-order valence-electron chi connectivity index (χ3n) is 4.02. The monoisotopic (exact) mass is 338 g/mol. The first-order chi connectivity index (χ1) is 12.2. The Kier molecular flexibility index (Phi) is 5.40. The molecule has 1 aromatic carbocycles. The van der Waals surface area contributed by atoms with Gasteiger partial charge in [0.1, 0.15) is 5.82 Å². The van der Waals surface area contributed by atoms with Gasteiger partial charge < -0.3 is 14.9 Å². The molecule has 0 fully saturated rings. The van der Waals surface area contributed by atoms with Crippen molar-refractivity contribution in [1.82, 2.24) is 15.1 Å². The van der Waals surface area contributed by atoms with Crippen LogP contribution in [0.15, 0.2) is 53.2 Å². The minimum absolute atomic E-state index is 0.0285. The molecule has 6 heteroatoms. The van der Waals surface area contributed by atoms with Crippen LogP contribution >= 0.6 is 0 Å². The Morgan fingerprint density at radius 3 is 2.56 bits per heavy atom. The van der Waals surface area contributed by atoms with Crippen LogP contribution in [0.25, 0.3) is 11.5 Å². The highest BCUT2D eigenvalue weighted by Crippen LogP contribution is 2.19. The molecule has 0 unspecified atom stereocenters. The molecule has 0 amide bonds. The SMILES string of the molecule is CC(C)[C@@H](CO)Nc1ccc(-c2nc(Cc3ccccc3)no2)cn1. The number of aliphatic hydroxyl groups is 1. The van der Waals surface area contributed by atoms with Gasteiger partial charge in [0.25, 0.3) is 5.89 Å².